The van der Waals surface area contributed by atoms with Crippen molar-refractivity contribution in [2.24, 2.45) is 5.41 Å². The molecule has 1 aromatic carbocycles. The topological polar surface area (TPSA) is 43.4 Å². The van der Waals surface area contributed by atoms with Crippen LogP contribution in [0.4, 0.5) is 0 Å². The highest BCUT2D eigenvalue weighted by molar-refractivity contribution is 7.86. The molecule has 0 aliphatic carbocycles. The van der Waals surface area contributed by atoms with Gasteiger partial charge in [0.25, 0.3) is 10.1 Å². The molecule has 0 unspecified atom stereocenters. The minimum Gasteiger partial charge on any atom is -0.253 e. The summed E-state index contributed by atoms with van der Waals surface area (Å²) in [6, 6.07) is 10.2. The molecule has 21 heavy (non-hydrogen) atoms. The van der Waals surface area contributed by atoms with Crippen molar-refractivity contribution in [3.05, 3.63) is 35.9 Å². The predicted molar refractivity (Wildman–Crippen MR) is 86.3 cm³/mol. The van der Waals surface area contributed by atoms with Gasteiger partial charge >= 0.3 is 0 Å². The van der Waals surface area contributed by atoms with Crippen LogP contribution < -0.4 is 0 Å². The van der Waals surface area contributed by atoms with Crippen molar-refractivity contribution in [2.45, 2.75) is 46.1 Å². The van der Waals surface area contributed by atoms with Crippen LogP contribution in [0.3, 0.4) is 0 Å². The molecule has 1 atom stereocenters. The fourth-order valence-corrected chi connectivity index (χ4v) is 2.44. The van der Waals surface area contributed by atoms with E-state index in [2.05, 4.69) is 24.0 Å². The lowest BCUT2D eigenvalue weighted by Gasteiger charge is -2.24. The van der Waals surface area contributed by atoms with Gasteiger partial charge in [0.05, 0.1) is 6.26 Å². The van der Waals surface area contributed by atoms with Gasteiger partial charge in [-0.05, 0) is 18.4 Å². The lowest BCUT2D eigenvalue weighted by molar-refractivity contribution is 0.144. The van der Waals surface area contributed by atoms with Crippen LogP contribution in [0.1, 0.15) is 39.2 Å². The van der Waals surface area contributed by atoms with Gasteiger partial charge in [0, 0.05) is 11.8 Å². The second-order valence-corrected chi connectivity index (χ2v) is 7.81. The number of unbranched alkanes of at least 4 members (excludes halogenated alkanes) is 1. The molecular weight excluding hydrogens is 284 g/mol. The Morgan fingerprint density at radius 3 is 2.33 bits per heavy atom. The third-order valence-corrected chi connectivity index (χ3v) is 3.44. The van der Waals surface area contributed by atoms with Gasteiger partial charge in [0.1, 0.15) is 6.10 Å². The summed E-state index contributed by atoms with van der Waals surface area (Å²) in [5, 5.41) is 0. The molecule has 116 valence electrons. The van der Waals surface area contributed by atoms with Crippen molar-refractivity contribution < 1.29 is 12.6 Å². The summed E-state index contributed by atoms with van der Waals surface area (Å²) < 4.78 is 27.6. The van der Waals surface area contributed by atoms with Gasteiger partial charge in [0.2, 0.25) is 0 Å². The standard InChI is InChI=1S/C17H24O3S/c1-17(2,3)16(20-21(4,18)19)14-10-6-9-13-15-11-7-5-8-12-15/h5,7-8,11-12,16H,6,9,13H2,1-4H3/t16-/m0/s1. The summed E-state index contributed by atoms with van der Waals surface area (Å²) in [4.78, 5) is 0. The molecule has 0 saturated heterocycles. The second-order valence-electron chi connectivity index (χ2n) is 6.21. The minimum absolute atomic E-state index is 0.338. The maximum absolute atomic E-state index is 11.3. The summed E-state index contributed by atoms with van der Waals surface area (Å²) in [6.45, 7) is 5.75. The zero-order valence-electron chi connectivity index (χ0n) is 13.2. The molecule has 0 fully saturated rings. The van der Waals surface area contributed by atoms with Crippen molar-refractivity contribution in [1.82, 2.24) is 0 Å². The van der Waals surface area contributed by atoms with Crippen LogP contribution in [0, 0.1) is 17.3 Å². The van der Waals surface area contributed by atoms with Crippen LogP contribution in [0.25, 0.3) is 0 Å². The first-order chi connectivity index (χ1) is 9.68. The fraction of sp³-hybridized carbons (Fsp3) is 0.529. The first kappa shape index (κ1) is 17.7. The molecule has 0 aliphatic heterocycles. The van der Waals surface area contributed by atoms with Gasteiger partial charge in [-0.3, -0.25) is 4.18 Å². The average Bonchev–Trinajstić information content (AvgIpc) is 2.35. The van der Waals surface area contributed by atoms with Crippen molar-refractivity contribution in [2.75, 3.05) is 6.26 Å². The molecule has 1 aromatic rings. The normalized spacial score (nSPS) is 13.3. The van der Waals surface area contributed by atoms with E-state index in [1.165, 1.54) is 5.56 Å². The summed E-state index contributed by atoms with van der Waals surface area (Å²) >= 11 is 0. The maximum atomic E-state index is 11.3. The van der Waals surface area contributed by atoms with E-state index in [-0.39, 0.29) is 5.41 Å². The molecule has 4 heteroatoms. The van der Waals surface area contributed by atoms with E-state index in [4.69, 9.17) is 4.18 Å². The molecule has 0 saturated carbocycles. The highest BCUT2D eigenvalue weighted by Gasteiger charge is 2.27. The van der Waals surface area contributed by atoms with Crippen molar-refractivity contribution >= 4 is 10.1 Å². The van der Waals surface area contributed by atoms with Crippen LogP contribution in [-0.4, -0.2) is 20.8 Å². The molecule has 3 nitrogen and oxygen atoms in total. The number of hydrogen-bond donors (Lipinski definition) is 0. The summed E-state index contributed by atoms with van der Waals surface area (Å²) in [7, 11) is -3.49. The van der Waals surface area contributed by atoms with E-state index >= 15 is 0 Å². The number of rotatable bonds is 5. The smallest absolute Gasteiger partial charge is 0.253 e. The van der Waals surface area contributed by atoms with E-state index in [0.29, 0.717) is 0 Å². The maximum Gasteiger partial charge on any atom is 0.265 e. The Kier molecular flexibility index (Phi) is 6.44. The van der Waals surface area contributed by atoms with Gasteiger partial charge in [-0.2, -0.15) is 8.42 Å². The van der Waals surface area contributed by atoms with Gasteiger partial charge in [-0.1, -0.05) is 57.0 Å². The van der Waals surface area contributed by atoms with Crippen molar-refractivity contribution in [3.63, 3.8) is 0 Å². The van der Waals surface area contributed by atoms with E-state index in [9.17, 15) is 8.42 Å². The lowest BCUT2D eigenvalue weighted by Crippen LogP contribution is -2.30. The van der Waals surface area contributed by atoms with Gasteiger partial charge in [-0.25, -0.2) is 0 Å². The molecule has 0 N–H and O–H groups in total. The Bertz CT molecular complexity index is 586. The third kappa shape index (κ3) is 7.89. The zero-order chi connectivity index (χ0) is 15.9. The molecule has 0 radical (unpaired) electrons. The zero-order valence-corrected chi connectivity index (χ0v) is 14.0. The van der Waals surface area contributed by atoms with Gasteiger partial charge < -0.3 is 0 Å². The van der Waals surface area contributed by atoms with Crippen LogP contribution in [0.15, 0.2) is 30.3 Å². The highest BCUT2D eigenvalue weighted by atomic mass is 32.2. The van der Waals surface area contributed by atoms with E-state index in [1.807, 2.05) is 39.0 Å². The molecule has 0 heterocycles. The first-order valence-electron chi connectivity index (χ1n) is 7.09. The second kappa shape index (κ2) is 7.63. The van der Waals surface area contributed by atoms with E-state index in [1.54, 1.807) is 0 Å². The largest absolute Gasteiger partial charge is 0.265 e. The number of aryl methyl sites for hydroxylation is 1. The number of hydrogen-bond acceptors (Lipinski definition) is 3. The highest BCUT2D eigenvalue weighted by Crippen LogP contribution is 2.23. The lowest BCUT2D eigenvalue weighted by atomic mass is 9.89. The fourth-order valence-electron chi connectivity index (χ4n) is 1.75. The Balaban J connectivity index is 2.53. The molecule has 0 aliphatic rings. The summed E-state index contributed by atoms with van der Waals surface area (Å²) in [5.74, 6) is 6.00. The molecule has 0 amide bonds. The van der Waals surface area contributed by atoms with Crippen LogP contribution in [-0.2, 0) is 20.7 Å². The number of benzene rings is 1. The molecule has 0 aromatic heterocycles. The van der Waals surface area contributed by atoms with Gasteiger partial charge in [-0.15, -0.1) is 5.92 Å². The van der Waals surface area contributed by atoms with Crippen LogP contribution in [0.5, 0.6) is 0 Å². The minimum atomic E-state index is -3.49. The van der Waals surface area contributed by atoms with E-state index < -0.39 is 16.2 Å². The molecule has 1 rings (SSSR count). The Morgan fingerprint density at radius 2 is 1.81 bits per heavy atom. The average molecular weight is 308 g/mol. The predicted octanol–water partition coefficient (Wildman–Crippen LogP) is 3.40. The summed E-state index contributed by atoms with van der Waals surface area (Å²) in [6.07, 6.45) is 3.11. The van der Waals surface area contributed by atoms with Crippen LogP contribution >= 0.6 is 0 Å². The summed E-state index contributed by atoms with van der Waals surface area (Å²) in [5.41, 5.74) is 0.953. The van der Waals surface area contributed by atoms with Crippen molar-refractivity contribution in [3.8, 4) is 11.8 Å². The Morgan fingerprint density at radius 1 is 1.19 bits per heavy atom. The quantitative estimate of drug-likeness (QED) is 0.476. The molecular formula is C17H24O3S. The van der Waals surface area contributed by atoms with Crippen molar-refractivity contribution in [1.29, 1.82) is 0 Å². The third-order valence-electron chi connectivity index (χ3n) is 2.90. The monoisotopic (exact) mass is 308 g/mol. The van der Waals surface area contributed by atoms with Crippen LogP contribution in [0.2, 0.25) is 0 Å². The molecule has 0 spiro atoms. The molecule has 0 bridgehead atoms. The van der Waals surface area contributed by atoms with Gasteiger partial charge in [0.15, 0.2) is 0 Å². The SMILES string of the molecule is CC(C)(C)[C@H](C#CCCCc1ccccc1)OS(C)(=O)=O. The Hall–Kier alpha value is -1.31. The van der Waals surface area contributed by atoms with E-state index in [0.717, 1.165) is 25.5 Å². The Labute approximate surface area is 128 Å². The first-order valence-corrected chi connectivity index (χ1v) is 8.91.